The molecule has 0 saturated carbocycles. The van der Waals surface area contributed by atoms with E-state index in [9.17, 15) is 13.2 Å². The second-order valence-electron chi connectivity index (χ2n) is 6.81. The third-order valence-electron chi connectivity index (χ3n) is 3.92. The highest BCUT2D eigenvalue weighted by Crippen LogP contribution is 2.17. The minimum Gasteiger partial charge on any atom is -0.346 e. The fourth-order valence-corrected chi connectivity index (χ4v) is 3.58. The van der Waals surface area contributed by atoms with Gasteiger partial charge in [0.25, 0.3) is 5.91 Å². The van der Waals surface area contributed by atoms with Crippen LogP contribution in [0.15, 0.2) is 53.4 Å². The Bertz CT molecular complexity index is 845. The highest BCUT2D eigenvalue weighted by molar-refractivity contribution is 7.90. The molecule has 0 radical (unpaired) electrons. The molecule has 2 aromatic carbocycles. The first-order chi connectivity index (χ1) is 11.6. The Morgan fingerprint density at radius 2 is 1.58 bits per heavy atom. The van der Waals surface area contributed by atoms with Crippen LogP contribution < -0.4 is 11.1 Å². The van der Waals surface area contributed by atoms with Gasteiger partial charge in [0, 0.05) is 17.6 Å². The van der Waals surface area contributed by atoms with E-state index in [1.54, 1.807) is 48.5 Å². The van der Waals surface area contributed by atoms with Crippen molar-refractivity contribution in [2.24, 2.45) is 5.73 Å². The molecule has 3 N–H and O–H groups in total. The summed E-state index contributed by atoms with van der Waals surface area (Å²) in [4.78, 5) is 12.5. The topological polar surface area (TPSA) is 89.3 Å². The number of halogens is 1. The van der Waals surface area contributed by atoms with E-state index in [1.165, 1.54) is 0 Å². The molecule has 26 heavy (non-hydrogen) atoms. The van der Waals surface area contributed by atoms with E-state index in [0.717, 1.165) is 5.56 Å². The molecule has 0 aliphatic rings. The van der Waals surface area contributed by atoms with Crippen LogP contribution in [0, 0.1) is 6.92 Å². The molecule has 0 heterocycles. The Morgan fingerprint density at radius 1 is 1.04 bits per heavy atom. The largest absolute Gasteiger partial charge is 0.346 e. The van der Waals surface area contributed by atoms with Crippen LogP contribution in [0.4, 0.5) is 0 Å². The van der Waals surface area contributed by atoms with E-state index in [0.29, 0.717) is 22.6 Å². The van der Waals surface area contributed by atoms with Gasteiger partial charge in [0.1, 0.15) is 0 Å². The molecule has 2 aromatic rings. The summed E-state index contributed by atoms with van der Waals surface area (Å²) < 4.78 is 24.9. The quantitative estimate of drug-likeness (QED) is 0.785. The summed E-state index contributed by atoms with van der Waals surface area (Å²) in [6.45, 7) is 5.92. The normalized spacial score (nSPS) is 11.5. The first kappa shape index (κ1) is 22.2. The van der Waals surface area contributed by atoms with E-state index >= 15 is 0 Å². The van der Waals surface area contributed by atoms with E-state index in [2.05, 4.69) is 5.32 Å². The van der Waals surface area contributed by atoms with Gasteiger partial charge in [0.15, 0.2) is 9.84 Å². The standard InChI is InChI=1S/C19H24N2O3S.ClH/c1-14-4-10-17(11-5-14)25(23,24)12-15-6-8-16(9-7-15)18(22)21-19(2,3)13-20;/h4-11H,12-13,20H2,1-3H3,(H,21,22);1H. The first-order valence-electron chi connectivity index (χ1n) is 8.04. The lowest BCUT2D eigenvalue weighted by Gasteiger charge is -2.24. The summed E-state index contributed by atoms with van der Waals surface area (Å²) in [5.41, 5.74) is 7.23. The summed E-state index contributed by atoms with van der Waals surface area (Å²) >= 11 is 0. The Labute approximate surface area is 161 Å². The van der Waals surface area contributed by atoms with Crippen molar-refractivity contribution in [3.05, 3.63) is 65.2 Å². The second-order valence-corrected chi connectivity index (χ2v) is 8.80. The van der Waals surface area contributed by atoms with E-state index in [-0.39, 0.29) is 24.1 Å². The number of benzene rings is 2. The maximum Gasteiger partial charge on any atom is 0.251 e. The lowest BCUT2D eigenvalue weighted by Crippen LogP contribution is -2.48. The van der Waals surface area contributed by atoms with Gasteiger partial charge in [0.05, 0.1) is 10.6 Å². The second kappa shape index (κ2) is 8.66. The monoisotopic (exact) mass is 396 g/mol. The highest BCUT2D eigenvalue weighted by Gasteiger charge is 2.20. The molecule has 0 aliphatic heterocycles. The van der Waals surface area contributed by atoms with Crippen LogP contribution >= 0.6 is 12.4 Å². The van der Waals surface area contributed by atoms with Crippen LogP contribution in [0.25, 0.3) is 0 Å². The number of rotatable bonds is 6. The molecule has 0 fully saturated rings. The average Bonchev–Trinajstić information content (AvgIpc) is 2.55. The molecule has 7 heteroatoms. The van der Waals surface area contributed by atoms with Gasteiger partial charge >= 0.3 is 0 Å². The Balaban J connectivity index is 0.00000338. The van der Waals surface area contributed by atoms with Crippen molar-refractivity contribution in [3.8, 4) is 0 Å². The summed E-state index contributed by atoms with van der Waals surface area (Å²) in [5.74, 6) is -0.338. The van der Waals surface area contributed by atoms with Crippen molar-refractivity contribution in [1.29, 1.82) is 0 Å². The maximum absolute atomic E-state index is 12.5. The molecule has 0 aliphatic carbocycles. The smallest absolute Gasteiger partial charge is 0.251 e. The van der Waals surface area contributed by atoms with Crippen molar-refractivity contribution in [3.63, 3.8) is 0 Å². The molecule has 0 saturated heterocycles. The van der Waals surface area contributed by atoms with Gasteiger partial charge in [-0.15, -0.1) is 12.4 Å². The molecule has 0 aromatic heterocycles. The van der Waals surface area contributed by atoms with Crippen molar-refractivity contribution in [2.45, 2.75) is 37.0 Å². The first-order valence-corrected chi connectivity index (χ1v) is 9.69. The summed E-state index contributed by atoms with van der Waals surface area (Å²) in [7, 11) is -3.41. The van der Waals surface area contributed by atoms with Gasteiger partial charge in [-0.05, 0) is 50.6 Å². The number of amides is 1. The zero-order valence-corrected chi connectivity index (χ0v) is 16.8. The molecular formula is C19H25ClN2O3S. The molecular weight excluding hydrogens is 372 g/mol. The summed E-state index contributed by atoms with van der Waals surface area (Å²) in [5, 5.41) is 2.84. The highest BCUT2D eigenvalue weighted by atomic mass is 35.5. The third-order valence-corrected chi connectivity index (χ3v) is 5.62. The van der Waals surface area contributed by atoms with E-state index in [1.807, 2.05) is 20.8 Å². The average molecular weight is 397 g/mol. The van der Waals surface area contributed by atoms with Gasteiger partial charge in [-0.1, -0.05) is 29.8 Å². The molecule has 2 rings (SSSR count). The Kier molecular flexibility index (Phi) is 7.38. The minimum absolute atomic E-state index is 0. The van der Waals surface area contributed by atoms with Gasteiger partial charge in [0.2, 0.25) is 0 Å². The van der Waals surface area contributed by atoms with Crippen LogP contribution in [0.3, 0.4) is 0 Å². The zero-order valence-electron chi connectivity index (χ0n) is 15.2. The van der Waals surface area contributed by atoms with Crippen molar-refractivity contribution >= 4 is 28.2 Å². The molecule has 142 valence electrons. The molecule has 0 spiro atoms. The van der Waals surface area contributed by atoms with Crippen molar-refractivity contribution in [1.82, 2.24) is 5.32 Å². The molecule has 0 atom stereocenters. The number of nitrogens with two attached hydrogens (primary N) is 1. The van der Waals surface area contributed by atoms with Crippen LogP contribution in [-0.2, 0) is 15.6 Å². The van der Waals surface area contributed by atoms with Crippen molar-refractivity contribution < 1.29 is 13.2 Å². The third kappa shape index (κ3) is 5.83. The molecule has 1 amide bonds. The number of carbonyl (C=O) groups excluding carboxylic acids is 1. The van der Waals surface area contributed by atoms with Crippen LogP contribution in [-0.4, -0.2) is 26.4 Å². The predicted molar refractivity (Wildman–Crippen MR) is 106 cm³/mol. The number of aryl methyl sites for hydroxylation is 1. The van der Waals surface area contributed by atoms with Crippen molar-refractivity contribution in [2.75, 3.05) is 6.54 Å². The number of sulfone groups is 1. The number of carbonyl (C=O) groups is 1. The number of nitrogens with one attached hydrogen (secondary N) is 1. The fourth-order valence-electron chi connectivity index (χ4n) is 2.23. The number of hydrogen-bond acceptors (Lipinski definition) is 4. The molecule has 5 nitrogen and oxygen atoms in total. The van der Waals surface area contributed by atoms with E-state index < -0.39 is 15.4 Å². The van der Waals surface area contributed by atoms with Gasteiger partial charge in [-0.2, -0.15) is 0 Å². The zero-order chi connectivity index (χ0) is 18.7. The predicted octanol–water partition coefficient (Wildman–Crippen LogP) is 2.86. The maximum atomic E-state index is 12.5. The summed E-state index contributed by atoms with van der Waals surface area (Å²) in [6.07, 6.45) is 0. The number of hydrogen-bond donors (Lipinski definition) is 2. The Morgan fingerprint density at radius 3 is 2.08 bits per heavy atom. The fraction of sp³-hybridized carbons (Fsp3) is 0.316. The van der Waals surface area contributed by atoms with Gasteiger partial charge < -0.3 is 11.1 Å². The van der Waals surface area contributed by atoms with E-state index in [4.69, 9.17) is 5.73 Å². The van der Waals surface area contributed by atoms with Crippen LogP contribution in [0.2, 0.25) is 0 Å². The van der Waals surface area contributed by atoms with Crippen LogP contribution in [0.5, 0.6) is 0 Å². The van der Waals surface area contributed by atoms with Gasteiger partial charge in [-0.3, -0.25) is 4.79 Å². The SMILES string of the molecule is Cc1ccc(S(=O)(=O)Cc2ccc(C(=O)NC(C)(C)CN)cc2)cc1.Cl. The summed E-state index contributed by atoms with van der Waals surface area (Å²) in [6, 6.07) is 13.4. The lowest BCUT2D eigenvalue weighted by atomic mass is 10.0. The molecule has 0 unspecified atom stereocenters. The minimum atomic E-state index is -3.41. The van der Waals surface area contributed by atoms with Gasteiger partial charge in [-0.25, -0.2) is 8.42 Å². The molecule has 0 bridgehead atoms. The van der Waals surface area contributed by atoms with Crippen LogP contribution in [0.1, 0.15) is 35.3 Å². The Hall–Kier alpha value is -1.89. The lowest BCUT2D eigenvalue weighted by molar-refractivity contribution is 0.0915.